The molecule has 0 radical (unpaired) electrons. The van der Waals surface area contributed by atoms with E-state index in [2.05, 4.69) is 5.32 Å². The number of thiophene rings is 1. The molecular weight excluding hydrogens is 427 g/mol. The van der Waals surface area contributed by atoms with Gasteiger partial charge in [0.05, 0.1) is 5.92 Å². The number of halogens is 3. The topological polar surface area (TPSA) is 66.4 Å². The van der Waals surface area contributed by atoms with Gasteiger partial charge in [-0.15, -0.1) is 11.3 Å². The Bertz CT molecular complexity index is 1090. The zero-order chi connectivity index (χ0) is 20.3. The maximum absolute atomic E-state index is 13.7. The van der Waals surface area contributed by atoms with Gasteiger partial charge in [-0.2, -0.15) is 0 Å². The largest absolute Gasteiger partial charge is 0.346 e. The lowest BCUT2D eigenvalue weighted by Crippen LogP contribution is -2.26. The van der Waals surface area contributed by atoms with Crippen LogP contribution in [0.4, 0.5) is 8.78 Å². The summed E-state index contributed by atoms with van der Waals surface area (Å²) in [5.41, 5.74) is 0.568. The molecule has 0 fully saturated rings. The normalized spacial score (nSPS) is 13.7. The number of hydrogen-bond donors (Lipinski definition) is 2. The Balaban J connectivity index is 1.86. The lowest BCUT2D eigenvalue weighted by molar-refractivity contribution is -0.121. The van der Waals surface area contributed by atoms with Gasteiger partial charge in [-0.3, -0.25) is 9.36 Å². The van der Waals surface area contributed by atoms with Gasteiger partial charge in [-0.1, -0.05) is 23.7 Å². The summed E-state index contributed by atoms with van der Waals surface area (Å²) in [6.45, 7) is 0. The van der Waals surface area contributed by atoms with E-state index >= 15 is 0 Å². The highest BCUT2D eigenvalue weighted by Gasteiger charge is 2.25. The monoisotopic (exact) mass is 441 g/mol. The van der Waals surface area contributed by atoms with Crippen molar-refractivity contribution in [1.82, 2.24) is 5.32 Å². The summed E-state index contributed by atoms with van der Waals surface area (Å²) in [5, 5.41) is 5.46. The van der Waals surface area contributed by atoms with E-state index in [-0.39, 0.29) is 11.7 Å². The smallest absolute Gasteiger partial charge is 0.232 e. The molecule has 2 aromatic carbocycles. The number of rotatable bonds is 6. The van der Waals surface area contributed by atoms with Crippen molar-refractivity contribution in [2.75, 3.05) is 6.16 Å². The first-order chi connectivity index (χ1) is 13.4. The molecule has 0 spiro atoms. The van der Waals surface area contributed by atoms with E-state index in [0.29, 0.717) is 10.6 Å². The van der Waals surface area contributed by atoms with Crippen molar-refractivity contribution in [1.29, 1.82) is 0 Å². The Kier molecular flexibility index (Phi) is 6.62. The molecule has 0 saturated carbocycles. The summed E-state index contributed by atoms with van der Waals surface area (Å²) in [4.78, 5) is 22.1. The molecule has 1 aromatic heterocycles. The van der Waals surface area contributed by atoms with Crippen molar-refractivity contribution in [3.63, 3.8) is 0 Å². The number of carbonyl (C=O) groups excluding carboxylic acids is 1. The summed E-state index contributed by atoms with van der Waals surface area (Å²) in [5.74, 6) is -3.43. The number of carbonyl (C=O) groups is 1. The zero-order valence-electron chi connectivity index (χ0n) is 14.3. The first-order valence-corrected chi connectivity index (χ1v) is 11.0. The third-order valence-corrected chi connectivity index (χ3v) is 6.08. The van der Waals surface area contributed by atoms with Crippen molar-refractivity contribution >= 4 is 53.0 Å². The van der Waals surface area contributed by atoms with Gasteiger partial charge in [0.15, 0.2) is 19.7 Å². The average Bonchev–Trinajstić information content (AvgIpc) is 3.05. The first-order valence-electron chi connectivity index (χ1n) is 8.16. The molecule has 0 aliphatic carbocycles. The molecule has 0 aliphatic rings. The fraction of sp³-hybridized carbons (Fsp3) is 0.105. The van der Waals surface area contributed by atoms with Gasteiger partial charge in [0.2, 0.25) is 5.91 Å². The van der Waals surface area contributed by atoms with E-state index in [1.54, 1.807) is 17.5 Å². The molecule has 1 amide bonds. The van der Waals surface area contributed by atoms with E-state index in [1.807, 2.05) is 6.07 Å². The Labute approximate surface area is 169 Å². The van der Waals surface area contributed by atoms with E-state index in [9.17, 15) is 23.0 Å². The van der Waals surface area contributed by atoms with Crippen molar-refractivity contribution in [3.8, 4) is 0 Å². The van der Waals surface area contributed by atoms with Crippen molar-refractivity contribution in [2.45, 2.75) is 5.92 Å². The Hall–Kier alpha value is -2.05. The number of nitrogens with one attached hydrogen (secondary N) is 1. The minimum atomic E-state index is -2.94. The summed E-state index contributed by atoms with van der Waals surface area (Å²) < 4.78 is 39.3. The molecule has 1 heterocycles. The first kappa shape index (κ1) is 20.7. The van der Waals surface area contributed by atoms with Crippen LogP contribution in [-0.4, -0.2) is 17.0 Å². The van der Waals surface area contributed by atoms with Crippen LogP contribution in [0.1, 0.15) is 17.0 Å². The van der Waals surface area contributed by atoms with E-state index in [1.165, 1.54) is 35.7 Å². The minimum absolute atomic E-state index is 0.0275. The van der Waals surface area contributed by atoms with Gasteiger partial charge in [-0.05, 0) is 46.7 Å². The molecule has 28 heavy (non-hydrogen) atoms. The van der Waals surface area contributed by atoms with Gasteiger partial charge in [0, 0.05) is 27.6 Å². The second-order valence-corrected chi connectivity index (χ2v) is 8.51. The highest BCUT2D eigenvalue weighted by atomic mass is 35.5. The Morgan fingerprint density at radius 2 is 2.11 bits per heavy atom. The lowest BCUT2D eigenvalue weighted by Gasteiger charge is -2.14. The summed E-state index contributed by atoms with van der Waals surface area (Å²) in [7, 11) is -2.94. The molecule has 3 aromatic rings. The molecule has 3 rings (SSSR count). The highest BCUT2D eigenvalue weighted by molar-refractivity contribution is 7.38. The van der Waals surface area contributed by atoms with Crippen LogP contribution in [0.15, 0.2) is 48.0 Å². The molecule has 0 bridgehead atoms. The third-order valence-electron chi connectivity index (χ3n) is 4.11. The molecule has 146 valence electrons. The van der Waals surface area contributed by atoms with Gasteiger partial charge >= 0.3 is 0 Å². The molecular formula is C19H15ClF2NO3PS. The van der Waals surface area contributed by atoms with Crippen LogP contribution < -0.4 is 5.32 Å². The third kappa shape index (κ3) is 4.67. The van der Waals surface area contributed by atoms with Crippen LogP contribution in [0.25, 0.3) is 16.2 Å². The highest BCUT2D eigenvalue weighted by Crippen LogP contribution is 2.36. The second kappa shape index (κ2) is 8.97. The number of amides is 1. The molecule has 4 nitrogen and oxygen atoms in total. The molecule has 2 unspecified atom stereocenters. The Morgan fingerprint density at radius 3 is 2.86 bits per heavy atom. The summed E-state index contributed by atoms with van der Waals surface area (Å²) in [6, 6.07) is 8.95. The predicted octanol–water partition coefficient (Wildman–Crippen LogP) is 5.17. The Morgan fingerprint density at radius 1 is 1.32 bits per heavy atom. The predicted molar refractivity (Wildman–Crippen MR) is 109 cm³/mol. The number of fused-ring (bicyclic) bond motifs is 1. The van der Waals surface area contributed by atoms with Crippen LogP contribution in [0, 0.1) is 11.6 Å². The minimum Gasteiger partial charge on any atom is -0.346 e. The fourth-order valence-electron chi connectivity index (χ4n) is 2.77. The van der Waals surface area contributed by atoms with Crippen LogP contribution in [0.2, 0.25) is 5.02 Å². The van der Waals surface area contributed by atoms with Crippen molar-refractivity contribution in [3.05, 3.63) is 75.8 Å². The molecule has 2 atom stereocenters. The second-order valence-electron chi connectivity index (χ2n) is 5.97. The van der Waals surface area contributed by atoms with Crippen LogP contribution >= 0.6 is 31.0 Å². The fourth-order valence-corrected chi connectivity index (χ4v) is 4.69. The van der Waals surface area contributed by atoms with Gasteiger partial charge < -0.3 is 10.2 Å². The van der Waals surface area contributed by atoms with Crippen molar-refractivity contribution < 1.29 is 23.0 Å². The quantitative estimate of drug-likeness (QED) is 0.518. The molecule has 9 heteroatoms. The standard InChI is InChI=1S/C19H15ClF2NO3PS/c20-12-4-5-17-13(8-12)15(10-28-17)14(9-27(25)26)19(24)23-7-6-11-2-1-3-16(21)18(11)22/h1-8,10,14,27H,9H2,(H,23,24)(H,25,26)/b7-6+. The van der Waals surface area contributed by atoms with Gasteiger partial charge in [-0.25, -0.2) is 8.78 Å². The van der Waals surface area contributed by atoms with Crippen LogP contribution in [-0.2, 0) is 9.36 Å². The maximum atomic E-state index is 13.7. The SMILES string of the molecule is O=C(N/C=C/c1cccc(F)c1F)C(C[PH](=O)O)c1csc2ccc(Cl)cc12. The van der Waals surface area contributed by atoms with E-state index < -0.39 is 31.5 Å². The van der Waals surface area contributed by atoms with E-state index in [4.69, 9.17) is 11.6 Å². The van der Waals surface area contributed by atoms with Crippen LogP contribution in [0.3, 0.4) is 0 Å². The molecule has 0 saturated heterocycles. The summed E-state index contributed by atoms with van der Waals surface area (Å²) >= 11 is 7.44. The molecule has 2 N–H and O–H groups in total. The maximum Gasteiger partial charge on any atom is 0.232 e. The van der Waals surface area contributed by atoms with E-state index in [0.717, 1.165) is 16.2 Å². The van der Waals surface area contributed by atoms with Crippen LogP contribution in [0.5, 0.6) is 0 Å². The average molecular weight is 442 g/mol. The lowest BCUT2D eigenvalue weighted by atomic mass is 9.99. The summed E-state index contributed by atoms with van der Waals surface area (Å²) in [6.07, 6.45) is 2.16. The van der Waals surface area contributed by atoms with Crippen molar-refractivity contribution in [2.24, 2.45) is 0 Å². The number of hydrogen-bond acceptors (Lipinski definition) is 3. The zero-order valence-corrected chi connectivity index (χ0v) is 16.9. The molecule has 0 aliphatic heterocycles. The number of benzene rings is 2. The van der Waals surface area contributed by atoms with Gasteiger partial charge in [0.1, 0.15) is 0 Å². The van der Waals surface area contributed by atoms with Gasteiger partial charge in [0.25, 0.3) is 0 Å².